The van der Waals surface area contributed by atoms with E-state index >= 15 is 0 Å². The normalized spacial score (nSPS) is 13.6. The fraction of sp³-hybridized carbons (Fsp3) is 0.769. The fourth-order valence-electron chi connectivity index (χ4n) is 1.20. The molecule has 0 saturated carbocycles. The van der Waals surface area contributed by atoms with Gasteiger partial charge in [0.1, 0.15) is 5.60 Å². The third kappa shape index (κ3) is 11.4. The molecule has 0 fully saturated rings. The van der Waals surface area contributed by atoms with E-state index in [4.69, 9.17) is 9.47 Å². The zero-order valence-electron chi connectivity index (χ0n) is 12.1. The molecule has 18 heavy (non-hydrogen) atoms. The maximum Gasteiger partial charge on any atom is 0.407 e. The first kappa shape index (κ1) is 16.9. The van der Waals surface area contributed by atoms with Crippen LogP contribution >= 0.6 is 0 Å². The third-order valence-corrected chi connectivity index (χ3v) is 1.93. The monoisotopic (exact) mass is 258 g/mol. The van der Waals surface area contributed by atoms with Gasteiger partial charge in [0.15, 0.2) is 0 Å². The summed E-state index contributed by atoms with van der Waals surface area (Å²) in [6.45, 7) is 9.46. The Kier molecular flexibility index (Phi) is 8.41. The van der Waals surface area contributed by atoms with E-state index in [0.29, 0.717) is 19.2 Å². The molecular weight excluding hydrogens is 232 g/mol. The molecule has 106 valence electrons. The minimum absolute atomic E-state index is 0.318. The minimum atomic E-state index is -0.453. The molecule has 1 atom stereocenters. The fourth-order valence-corrected chi connectivity index (χ4v) is 1.20. The zero-order valence-corrected chi connectivity index (χ0v) is 12.1. The molecule has 0 aromatic rings. The maximum atomic E-state index is 11.3. The topological polar surface area (TPSA) is 59.6 Å². The molecule has 0 heterocycles. The molecular formula is C13H26N2O3. The molecule has 0 radical (unpaired) electrons. The van der Waals surface area contributed by atoms with Gasteiger partial charge in [-0.1, -0.05) is 12.2 Å². The predicted octanol–water partition coefficient (Wildman–Crippen LogP) is 1.69. The van der Waals surface area contributed by atoms with Gasteiger partial charge in [-0.25, -0.2) is 4.79 Å². The Hall–Kier alpha value is -1.07. The van der Waals surface area contributed by atoms with E-state index in [1.165, 1.54) is 0 Å². The number of nitrogens with one attached hydrogen (secondary N) is 2. The number of hydrogen-bond acceptors (Lipinski definition) is 4. The van der Waals surface area contributed by atoms with E-state index in [1.807, 2.05) is 32.9 Å². The van der Waals surface area contributed by atoms with Crippen molar-refractivity contribution in [2.75, 3.05) is 26.8 Å². The highest BCUT2D eigenvalue weighted by molar-refractivity contribution is 5.67. The van der Waals surface area contributed by atoms with Crippen molar-refractivity contribution in [1.82, 2.24) is 10.6 Å². The van der Waals surface area contributed by atoms with Crippen molar-refractivity contribution in [3.05, 3.63) is 12.2 Å². The lowest BCUT2D eigenvalue weighted by molar-refractivity contribution is 0.0534. The highest BCUT2D eigenvalue weighted by Gasteiger charge is 2.14. The highest BCUT2D eigenvalue weighted by Crippen LogP contribution is 2.05. The molecule has 2 N–H and O–H groups in total. The molecule has 0 aliphatic heterocycles. The van der Waals surface area contributed by atoms with Crippen LogP contribution in [-0.2, 0) is 9.47 Å². The zero-order chi connectivity index (χ0) is 14.0. The van der Waals surface area contributed by atoms with Crippen LogP contribution in [0.25, 0.3) is 0 Å². The minimum Gasteiger partial charge on any atom is -0.444 e. The molecule has 0 aliphatic carbocycles. The van der Waals surface area contributed by atoms with E-state index in [0.717, 1.165) is 6.54 Å². The SMILES string of the molecule is COCC(C)NC/C=C/CNC(=O)OC(C)(C)C. The summed E-state index contributed by atoms with van der Waals surface area (Å²) in [5.41, 5.74) is -0.453. The molecule has 0 aromatic carbocycles. The average molecular weight is 258 g/mol. The van der Waals surface area contributed by atoms with Crippen molar-refractivity contribution < 1.29 is 14.3 Å². The van der Waals surface area contributed by atoms with Crippen LogP contribution in [0.3, 0.4) is 0 Å². The second kappa shape index (κ2) is 8.94. The van der Waals surface area contributed by atoms with Gasteiger partial charge in [0.2, 0.25) is 0 Å². The third-order valence-electron chi connectivity index (χ3n) is 1.93. The Balaban J connectivity index is 3.57. The van der Waals surface area contributed by atoms with E-state index in [-0.39, 0.29) is 0 Å². The van der Waals surface area contributed by atoms with E-state index in [1.54, 1.807) is 7.11 Å². The van der Waals surface area contributed by atoms with E-state index < -0.39 is 11.7 Å². The van der Waals surface area contributed by atoms with Gasteiger partial charge in [-0.3, -0.25) is 0 Å². The number of alkyl carbamates (subject to hydrolysis) is 1. The van der Waals surface area contributed by atoms with Crippen LogP contribution < -0.4 is 10.6 Å². The van der Waals surface area contributed by atoms with Crippen molar-refractivity contribution >= 4 is 6.09 Å². The van der Waals surface area contributed by atoms with Gasteiger partial charge in [0.05, 0.1) is 6.61 Å². The average Bonchev–Trinajstić information content (AvgIpc) is 2.21. The number of methoxy groups -OCH3 is 1. The molecule has 0 aromatic heterocycles. The van der Waals surface area contributed by atoms with Crippen LogP contribution in [0.15, 0.2) is 12.2 Å². The smallest absolute Gasteiger partial charge is 0.407 e. The summed E-state index contributed by atoms with van der Waals surface area (Å²) in [5, 5.41) is 5.91. The van der Waals surface area contributed by atoms with Crippen LogP contribution in [-0.4, -0.2) is 44.5 Å². The van der Waals surface area contributed by atoms with Crippen molar-refractivity contribution in [3.8, 4) is 0 Å². The number of hydrogen-bond donors (Lipinski definition) is 2. The molecule has 0 aliphatic rings. The van der Waals surface area contributed by atoms with Crippen LogP contribution in [0.1, 0.15) is 27.7 Å². The van der Waals surface area contributed by atoms with Crippen molar-refractivity contribution in [2.24, 2.45) is 0 Å². The number of ether oxygens (including phenoxy) is 2. The second-order valence-corrected chi connectivity index (χ2v) is 5.12. The Bertz CT molecular complexity index is 259. The summed E-state index contributed by atoms with van der Waals surface area (Å²) in [6, 6.07) is 0.318. The van der Waals surface area contributed by atoms with Gasteiger partial charge in [-0.05, 0) is 27.7 Å². The maximum absolute atomic E-state index is 11.3. The van der Waals surface area contributed by atoms with Crippen LogP contribution in [0.4, 0.5) is 4.79 Å². The lowest BCUT2D eigenvalue weighted by atomic mass is 10.2. The van der Waals surface area contributed by atoms with Gasteiger partial charge in [0.25, 0.3) is 0 Å². The number of carbonyl (C=O) groups excluding carboxylic acids is 1. The van der Waals surface area contributed by atoms with Crippen molar-refractivity contribution in [1.29, 1.82) is 0 Å². The first-order valence-electron chi connectivity index (χ1n) is 6.19. The Morgan fingerprint density at radius 1 is 1.28 bits per heavy atom. The van der Waals surface area contributed by atoms with Crippen molar-refractivity contribution in [3.63, 3.8) is 0 Å². The molecule has 5 nitrogen and oxygen atoms in total. The Morgan fingerprint density at radius 3 is 2.44 bits per heavy atom. The van der Waals surface area contributed by atoms with Crippen LogP contribution in [0.2, 0.25) is 0 Å². The first-order chi connectivity index (χ1) is 8.35. The lowest BCUT2D eigenvalue weighted by Crippen LogP contribution is -2.32. The van der Waals surface area contributed by atoms with E-state index in [9.17, 15) is 4.79 Å². The summed E-state index contributed by atoms with van der Waals surface area (Å²) < 4.78 is 10.1. The first-order valence-corrected chi connectivity index (χ1v) is 6.19. The second-order valence-electron chi connectivity index (χ2n) is 5.12. The quantitative estimate of drug-likeness (QED) is 0.682. The van der Waals surface area contributed by atoms with Gasteiger partial charge >= 0.3 is 6.09 Å². The van der Waals surface area contributed by atoms with E-state index in [2.05, 4.69) is 17.6 Å². The van der Waals surface area contributed by atoms with Gasteiger partial charge in [-0.2, -0.15) is 0 Å². The summed E-state index contributed by atoms with van der Waals surface area (Å²) in [7, 11) is 1.68. The standard InChI is InChI=1S/C13H26N2O3/c1-11(10-17-5)14-8-6-7-9-15-12(16)18-13(2,3)4/h6-7,11,14H,8-10H2,1-5H3,(H,15,16)/b7-6+. The number of amides is 1. The van der Waals surface area contributed by atoms with Crippen molar-refractivity contribution in [2.45, 2.75) is 39.3 Å². The van der Waals surface area contributed by atoms with Crippen LogP contribution in [0, 0.1) is 0 Å². The highest BCUT2D eigenvalue weighted by atomic mass is 16.6. The molecule has 5 heteroatoms. The summed E-state index contributed by atoms with van der Waals surface area (Å²) in [6.07, 6.45) is 3.45. The van der Waals surface area contributed by atoms with Gasteiger partial charge < -0.3 is 20.1 Å². The predicted molar refractivity (Wildman–Crippen MR) is 72.7 cm³/mol. The molecule has 0 saturated heterocycles. The Morgan fingerprint density at radius 2 is 1.89 bits per heavy atom. The lowest BCUT2D eigenvalue weighted by Gasteiger charge is -2.19. The number of carbonyl (C=O) groups is 1. The molecule has 0 spiro atoms. The summed E-state index contributed by atoms with van der Waals surface area (Å²) >= 11 is 0. The summed E-state index contributed by atoms with van der Waals surface area (Å²) in [5.74, 6) is 0. The van der Waals surface area contributed by atoms with Gasteiger partial charge in [0, 0.05) is 26.2 Å². The van der Waals surface area contributed by atoms with Gasteiger partial charge in [-0.15, -0.1) is 0 Å². The Labute approximate surface area is 110 Å². The largest absolute Gasteiger partial charge is 0.444 e. The molecule has 1 amide bonds. The number of rotatable bonds is 7. The molecule has 0 rings (SSSR count). The molecule has 0 bridgehead atoms. The van der Waals surface area contributed by atoms with Crippen LogP contribution in [0.5, 0.6) is 0 Å². The summed E-state index contributed by atoms with van der Waals surface area (Å²) in [4.78, 5) is 11.3. The molecule has 1 unspecified atom stereocenters.